The van der Waals surface area contributed by atoms with Crippen molar-refractivity contribution in [3.05, 3.63) is 35.4 Å². The first-order valence-corrected chi connectivity index (χ1v) is 8.74. The van der Waals surface area contributed by atoms with Crippen LogP contribution in [0, 0.1) is 0 Å². The van der Waals surface area contributed by atoms with E-state index in [4.69, 9.17) is 0 Å². The van der Waals surface area contributed by atoms with Gasteiger partial charge in [-0.25, -0.2) is 4.79 Å². The Hall–Kier alpha value is -2.17. The van der Waals surface area contributed by atoms with Crippen molar-refractivity contribution >= 4 is 17.7 Å². The zero-order valence-corrected chi connectivity index (χ0v) is 14.3. The van der Waals surface area contributed by atoms with Crippen molar-refractivity contribution in [3.63, 3.8) is 0 Å². The summed E-state index contributed by atoms with van der Waals surface area (Å²) in [5, 5.41) is 2.80. The van der Waals surface area contributed by atoms with Gasteiger partial charge in [0, 0.05) is 5.56 Å². The van der Waals surface area contributed by atoms with Crippen LogP contribution in [0.25, 0.3) is 0 Å². The Morgan fingerprint density at radius 3 is 2.42 bits per heavy atom. The van der Waals surface area contributed by atoms with E-state index in [1.807, 2.05) is 12.1 Å². The highest BCUT2D eigenvalue weighted by atomic mass is 16.2. The minimum atomic E-state index is -0.752. The molecular weight excluding hydrogens is 304 g/mol. The number of Topliss-reactive ketones (excluding diaryl/α,β-unsaturated/α-hetero) is 1. The number of hydrogen-bond donors (Lipinski definition) is 1. The van der Waals surface area contributed by atoms with Crippen LogP contribution in [0.1, 0.15) is 67.8 Å². The normalized spacial score (nSPS) is 20.5. The molecule has 1 aromatic carbocycles. The van der Waals surface area contributed by atoms with Crippen LogP contribution in [-0.4, -0.2) is 34.7 Å². The van der Waals surface area contributed by atoms with Gasteiger partial charge in [-0.15, -0.1) is 0 Å². The summed E-state index contributed by atoms with van der Waals surface area (Å²) >= 11 is 0. The number of benzene rings is 1. The summed E-state index contributed by atoms with van der Waals surface area (Å²) in [6.45, 7) is 4.08. The lowest BCUT2D eigenvalue weighted by atomic mass is 9.96. The van der Waals surface area contributed by atoms with Gasteiger partial charge in [0.25, 0.3) is 5.91 Å². The Balaban J connectivity index is 1.70. The summed E-state index contributed by atoms with van der Waals surface area (Å²) in [7, 11) is 0. The standard InChI is InChI=1S/C19H24N2O3/c1-3-13(2)14-6-8-15(9-7-14)16(22)12-21-17(23)19(20-18(21)24)10-4-5-11-19/h6-9,13H,3-5,10-12H2,1-2H3,(H,20,24). The summed E-state index contributed by atoms with van der Waals surface area (Å²) in [5.74, 6) is 0.00105. The lowest BCUT2D eigenvalue weighted by molar-refractivity contribution is -0.130. The van der Waals surface area contributed by atoms with Gasteiger partial charge >= 0.3 is 6.03 Å². The van der Waals surface area contributed by atoms with Gasteiger partial charge in [0.1, 0.15) is 5.54 Å². The number of carbonyl (C=O) groups excluding carboxylic acids is 3. The molecule has 1 saturated heterocycles. The second-order valence-electron chi connectivity index (χ2n) is 6.97. The van der Waals surface area contributed by atoms with E-state index in [1.54, 1.807) is 12.1 Å². The molecule has 1 unspecified atom stereocenters. The zero-order chi connectivity index (χ0) is 17.3. The van der Waals surface area contributed by atoms with E-state index in [0.717, 1.165) is 24.2 Å². The number of carbonyl (C=O) groups is 3. The molecule has 5 nitrogen and oxygen atoms in total. The molecule has 2 fully saturated rings. The molecule has 128 valence electrons. The first-order valence-electron chi connectivity index (χ1n) is 8.74. The van der Waals surface area contributed by atoms with Crippen LogP contribution < -0.4 is 5.32 Å². The largest absolute Gasteiger partial charge is 0.325 e. The summed E-state index contributed by atoms with van der Waals surface area (Å²) in [6.07, 6.45) is 4.26. The van der Waals surface area contributed by atoms with Crippen LogP contribution in [0.2, 0.25) is 0 Å². The maximum Gasteiger partial charge on any atom is 0.325 e. The number of imide groups is 1. The van der Waals surface area contributed by atoms with Gasteiger partial charge in [-0.2, -0.15) is 0 Å². The highest BCUT2D eigenvalue weighted by molar-refractivity contribution is 6.11. The highest BCUT2D eigenvalue weighted by Crippen LogP contribution is 2.35. The first kappa shape index (κ1) is 16.7. The molecule has 1 saturated carbocycles. The van der Waals surface area contributed by atoms with Crippen LogP contribution in [0.5, 0.6) is 0 Å². The maximum atomic E-state index is 12.6. The molecule has 1 heterocycles. The van der Waals surface area contributed by atoms with Gasteiger partial charge in [0.15, 0.2) is 5.78 Å². The summed E-state index contributed by atoms with van der Waals surface area (Å²) in [4.78, 5) is 38.3. The van der Waals surface area contributed by atoms with E-state index in [-0.39, 0.29) is 18.2 Å². The zero-order valence-electron chi connectivity index (χ0n) is 14.3. The number of urea groups is 1. The van der Waals surface area contributed by atoms with Crippen molar-refractivity contribution in [3.8, 4) is 0 Å². The van der Waals surface area contributed by atoms with Crippen molar-refractivity contribution in [2.45, 2.75) is 57.4 Å². The fourth-order valence-corrected chi connectivity index (χ4v) is 3.61. The fraction of sp³-hybridized carbons (Fsp3) is 0.526. The molecule has 3 rings (SSSR count). The van der Waals surface area contributed by atoms with E-state index < -0.39 is 11.6 Å². The van der Waals surface area contributed by atoms with Crippen LogP contribution in [-0.2, 0) is 4.79 Å². The summed E-state index contributed by atoms with van der Waals surface area (Å²) in [6, 6.07) is 7.03. The molecule has 1 aliphatic carbocycles. The smallest absolute Gasteiger partial charge is 0.323 e. The number of nitrogens with one attached hydrogen (secondary N) is 1. The molecule has 0 bridgehead atoms. The van der Waals surface area contributed by atoms with Gasteiger partial charge in [-0.1, -0.05) is 51.0 Å². The molecular formula is C19H24N2O3. The monoisotopic (exact) mass is 328 g/mol. The number of hydrogen-bond acceptors (Lipinski definition) is 3. The predicted molar refractivity (Wildman–Crippen MR) is 90.9 cm³/mol. The summed E-state index contributed by atoms with van der Waals surface area (Å²) < 4.78 is 0. The quantitative estimate of drug-likeness (QED) is 0.666. The van der Waals surface area contributed by atoms with Gasteiger partial charge in [0.2, 0.25) is 0 Å². The molecule has 1 aromatic rings. The second kappa shape index (κ2) is 6.38. The van der Waals surface area contributed by atoms with Crippen molar-refractivity contribution in [1.82, 2.24) is 10.2 Å². The number of rotatable bonds is 5. The Kier molecular flexibility index (Phi) is 4.43. The lowest BCUT2D eigenvalue weighted by Gasteiger charge is -2.19. The molecule has 0 radical (unpaired) electrons. The third kappa shape index (κ3) is 2.83. The van der Waals surface area contributed by atoms with Crippen molar-refractivity contribution in [2.24, 2.45) is 0 Å². The molecule has 2 aliphatic rings. The number of nitrogens with zero attached hydrogens (tertiary/aromatic N) is 1. The van der Waals surface area contributed by atoms with Crippen LogP contribution in [0.15, 0.2) is 24.3 Å². The van der Waals surface area contributed by atoms with Crippen molar-refractivity contribution < 1.29 is 14.4 Å². The SMILES string of the molecule is CCC(C)c1ccc(C(=O)CN2C(=O)NC3(CCCC3)C2=O)cc1. The maximum absolute atomic E-state index is 12.6. The Labute approximate surface area is 142 Å². The average molecular weight is 328 g/mol. The highest BCUT2D eigenvalue weighted by Gasteiger charge is 2.52. The predicted octanol–water partition coefficient (Wildman–Crippen LogP) is 3.25. The third-order valence-corrected chi connectivity index (χ3v) is 5.42. The molecule has 3 amide bonds. The van der Waals surface area contributed by atoms with Gasteiger partial charge in [-0.3, -0.25) is 14.5 Å². The van der Waals surface area contributed by atoms with E-state index in [1.165, 1.54) is 5.56 Å². The van der Waals surface area contributed by atoms with Crippen molar-refractivity contribution in [2.75, 3.05) is 6.54 Å². The van der Waals surface area contributed by atoms with E-state index in [9.17, 15) is 14.4 Å². The molecule has 5 heteroatoms. The van der Waals surface area contributed by atoms with Gasteiger partial charge in [-0.05, 0) is 30.7 Å². The molecule has 1 spiro atoms. The van der Waals surface area contributed by atoms with Crippen LogP contribution in [0.3, 0.4) is 0 Å². The lowest BCUT2D eigenvalue weighted by Crippen LogP contribution is -2.44. The summed E-state index contributed by atoms with van der Waals surface area (Å²) in [5.41, 5.74) is 0.974. The minimum absolute atomic E-state index is 0.185. The van der Waals surface area contributed by atoms with Crippen LogP contribution >= 0.6 is 0 Å². The fourth-order valence-electron chi connectivity index (χ4n) is 3.61. The molecule has 24 heavy (non-hydrogen) atoms. The van der Waals surface area contributed by atoms with Crippen LogP contribution in [0.4, 0.5) is 4.79 Å². The van der Waals surface area contributed by atoms with Gasteiger partial charge < -0.3 is 5.32 Å². The molecule has 0 aromatic heterocycles. The Morgan fingerprint density at radius 1 is 1.21 bits per heavy atom. The van der Waals surface area contributed by atoms with Gasteiger partial charge in [0.05, 0.1) is 6.54 Å². The number of amides is 3. The minimum Gasteiger partial charge on any atom is -0.323 e. The molecule has 1 N–H and O–H groups in total. The topological polar surface area (TPSA) is 66.5 Å². The Bertz CT molecular complexity index is 660. The molecule has 1 aliphatic heterocycles. The van der Waals surface area contributed by atoms with E-state index in [2.05, 4.69) is 19.2 Å². The van der Waals surface area contributed by atoms with E-state index in [0.29, 0.717) is 24.3 Å². The third-order valence-electron chi connectivity index (χ3n) is 5.42. The van der Waals surface area contributed by atoms with E-state index >= 15 is 0 Å². The Morgan fingerprint density at radius 2 is 1.83 bits per heavy atom. The second-order valence-corrected chi connectivity index (χ2v) is 6.97. The average Bonchev–Trinajstić information content (AvgIpc) is 3.15. The number of ketones is 1. The molecule has 1 atom stereocenters. The first-order chi connectivity index (χ1) is 11.5. The van der Waals surface area contributed by atoms with Crippen molar-refractivity contribution in [1.29, 1.82) is 0 Å².